The van der Waals surface area contributed by atoms with Crippen molar-refractivity contribution in [2.45, 2.75) is 20.4 Å². The summed E-state index contributed by atoms with van der Waals surface area (Å²) in [6, 6.07) is 13.3. The SMILES string of the molecule is CCN(Cc1nc(-c2ccc(C)cc2)no1)C(=O)c1cccc([N+](=O)[O-])c1. The molecule has 0 aliphatic rings. The number of benzene rings is 2. The summed E-state index contributed by atoms with van der Waals surface area (Å²) in [6.45, 7) is 4.32. The second kappa shape index (κ2) is 7.77. The van der Waals surface area contributed by atoms with Gasteiger partial charge in [-0.25, -0.2) is 0 Å². The predicted octanol–water partition coefficient (Wildman–Crippen LogP) is 3.62. The number of hydrogen-bond acceptors (Lipinski definition) is 6. The van der Waals surface area contributed by atoms with Crippen LogP contribution in [0.5, 0.6) is 0 Å². The number of aromatic nitrogens is 2. The lowest BCUT2D eigenvalue weighted by Crippen LogP contribution is -2.30. The standard InChI is InChI=1S/C19H18N4O4/c1-3-22(19(24)15-5-4-6-16(11-15)23(25)26)12-17-20-18(21-27-17)14-9-7-13(2)8-10-14/h4-11H,3,12H2,1-2H3. The zero-order chi connectivity index (χ0) is 19.4. The van der Waals surface area contributed by atoms with Gasteiger partial charge in [0, 0.05) is 29.8 Å². The third-order valence-corrected chi connectivity index (χ3v) is 4.08. The summed E-state index contributed by atoms with van der Waals surface area (Å²) >= 11 is 0. The number of non-ortho nitro benzene ring substituents is 1. The predicted molar refractivity (Wildman–Crippen MR) is 98.0 cm³/mol. The first-order chi connectivity index (χ1) is 13.0. The third-order valence-electron chi connectivity index (χ3n) is 4.08. The maximum Gasteiger partial charge on any atom is 0.270 e. The molecule has 138 valence electrons. The number of rotatable bonds is 6. The van der Waals surface area contributed by atoms with E-state index < -0.39 is 4.92 Å². The molecule has 0 radical (unpaired) electrons. The van der Waals surface area contributed by atoms with E-state index >= 15 is 0 Å². The Bertz CT molecular complexity index is 966. The normalized spacial score (nSPS) is 10.6. The number of nitro benzene ring substituents is 1. The molecule has 0 N–H and O–H groups in total. The van der Waals surface area contributed by atoms with Crippen molar-refractivity contribution < 1.29 is 14.2 Å². The molecular weight excluding hydrogens is 348 g/mol. The summed E-state index contributed by atoms with van der Waals surface area (Å²) in [5, 5.41) is 14.9. The van der Waals surface area contributed by atoms with Crippen LogP contribution in [-0.4, -0.2) is 32.4 Å². The summed E-state index contributed by atoms with van der Waals surface area (Å²) in [5.41, 5.74) is 2.06. The van der Waals surface area contributed by atoms with Crippen LogP contribution in [-0.2, 0) is 6.54 Å². The Kier molecular flexibility index (Phi) is 5.25. The summed E-state index contributed by atoms with van der Waals surface area (Å²) in [4.78, 5) is 28.9. The summed E-state index contributed by atoms with van der Waals surface area (Å²) in [6.07, 6.45) is 0. The largest absolute Gasteiger partial charge is 0.337 e. The van der Waals surface area contributed by atoms with Gasteiger partial charge in [0.1, 0.15) is 6.54 Å². The Morgan fingerprint density at radius 3 is 2.63 bits per heavy atom. The quantitative estimate of drug-likeness (QED) is 0.488. The molecule has 1 heterocycles. The second-order valence-electron chi connectivity index (χ2n) is 6.00. The molecule has 0 saturated carbocycles. The van der Waals surface area contributed by atoms with Crippen molar-refractivity contribution in [2.75, 3.05) is 6.54 Å². The van der Waals surface area contributed by atoms with Crippen molar-refractivity contribution in [1.82, 2.24) is 15.0 Å². The van der Waals surface area contributed by atoms with Crippen molar-refractivity contribution in [2.24, 2.45) is 0 Å². The summed E-state index contributed by atoms with van der Waals surface area (Å²) in [5.74, 6) is 0.409. The van der Waals surface area contributed by atoms with Crippen LogP contribution in [0.15, 0.2) is 53.1 Å². The van der Waals surface area contributed by atoms with Crippen LogP contribution in [0.1, 0.15) is 28.7 Å². The number of nitrogens with zero attached hydrogens (tertiary/aromatic N) is 4. The first kappa shape index (κ1) is 18.2. The minimum absolute atomic E-state index is 0.122. The second-order valence-corrected chi connectivity index (χ2v) is 6.00. The molecule has 2 aromatic carbocycles. The van der Waals surface area contributed by atoms with Crippen LogP contribution >= 0.6 is 0 Å². The van der Waals surface area contributed by atoms with Gasteiger partial charge in [0.15, 0.2) is 0 Å². The minimum atomic E-state index is -0.529. The lowest BCUT2D eigenvalue weighted by molar-refractivity contribution is -0.384. The van der Waals surface area contributed by atoms with Crippen LogP contribution in [0, 0.1) is 17.0 Å². The molecule has 8 heteroatoms. The Labute approximate surface area is 155 Å². The van der Waals surface area contributed by atoms with Crippen molar-refractivity contribution >= 4 is 11.6 Å². The smallest absolute Gasteiger partial charge is 0.270 e. The fourth-order valence-corrected chi connectivity index (χ4v) is 2.56. The molecule has 0 unspecified atom stereocenters. The Hall–Kier alpha value is -3.55. The molecule has 3 rings (SSSR count). The van der Waals surface area contributed by atoms with E-state index in [1.807, 2.05) is 38.1 Å². The monoisotopic (exact) mass is 366 g/mol. The maximum atomic E-state index is 12.7. The zero-order valence-electron chi connectivity index (χ0n) is 15.0. The lowest BCUT2D eigenvalue weighted by atomic mass is 10.1. The van der Waals surface area contributed by atoms with Crippen LogP contribution in [0.4, 0.5) is 5.69 Å². The highest BCUT2D eigenvalue weighted by Gasteiger charge is 2.20. The number of aryl methyl sites for hydroxylation is 1. The molecular formula is C19H18N4O4. The van der Waals surface area contributed by atoms with E-state index in [0.717, 1.165) is 11.1 Å². The van der Waals surface area contributed by atoms with Gasteiger partial charge >= 0.3 is 0 Å². The van der Waals surface area contributed by atoms with Gasteiger partial charge in [-0.05, 0) is 19.9 Å². The number of nitro groups is 1. The van der Waals surface area contributed by atoms with Crippen molar-refractivity contribution in [1.29, 1.82) is 0 Å². The van der Waals surface area contributed by atoms with Gasteiger partial charge in [-0.2, -0.15) is 4.98 Å². The van der Waals surface area contributed by atoms with Crippen molar-refractivity contribution in [3.63, 3.8) is 0 Å². The Balaban J connectivity index is 1.77. The van der Waals surface area contributed by atoms with E-state index in [4.69, 9.17) is 4.52 Å². The zero-order valence-corrected chi connectivity index (χ0v) is 15.0. The topological polar surface area (TPSA) is 102 Å². The first-order valence-corrected chi connectivity index (χ1v) is 8.41. The highest BCUT2D eigenvalue weighted by Crippen LogP contribution is 2.19. The van der Waals surface area contributed by atoms with Gasteiger partial charge in [-0.3, -0.25) is 14.9 Å². The van der Waals surface area contributed by atoms with E-state index in [-0.39, 0.29) is 23.7 Å². The summed E-state index contributed by atoms with van der Waals surface area (Å²) < 4.78 is 5.27. The molecule has 0 fully saturated rings. The van der Waals surface area contributed by atoms with Gasteiger partial charge in [-0.15, -0.1) is 0 Å². The molecule has 3 aromatic rings. The molecule has 0 bridgehead atoms. The average Bonchev–Trinajstić information content (AvgIpc) is 3.15. The number of carbonyl (C=O) groups is 1. The highest BCUT2D eigenvalue weighted by molar-refractivity contribution is 5.94. The van der Waals surface area contributed by atoms with Crippen molar-refractivity contribution in [3.8, 4) is 11.4 Å². The minimum Gasteiger partial charge on any atom is -0.337 e. The molecule has 0 aliphatic heterocycles. The van der Waals surface area contributed by atoms with E-state index in [0.29, 0.717) is 18.3 Å². The van der Waals surface area contributed by atoms with Crippen LogP contribution < -0.4 is 0 Å². The molecule has 0 aliphatic carbocycles. The number of hydrogen-bond donors (Lipinski definition) is 0. The van der Waals surface area contributed by atoms with Gasteiger partial charge < -0.3 is 9.42 Å². The number of amides is 1. The molecule has 27 heavy (non-hydrogen) atoms. The van der Waals surface area contributed by atoms with E-state index in [2.05, 4.69) is 10.1 Å². The summed E-state index contributed by atoms with van der Waals surface area (Å²) in [7, 11) is 0. The fraction of sp³-hybridized carbons (Fsp3) is 0.211. The van der Waals surface area contributed by atoms with E-state index in [1.54, 1.807) is 6.07 Å². The van der Waals surface area contributed by atoms with Crippen LogP contribution in [0.2, 0.25) is 0 Å². The highest BCUT2D eigenvalue weighted by atomic mass is 16.6. The van der Waals surface area contributed by atoms with Gasteiger partial charge in [0.2, 0.25) is 11.7 Å². The van der Waals surface area contributed by atoms with Gasteiger partial charge in [0.25, 0.3) is 11.6 Å². The van der Waals surface area contributed by atoms with E-state index in [9.17, 15) is 14.9 Å². The molecule has 0 atom stereocenters. The fourth-order valence-electron chi connectivity index (χ4n) is 2.56. The lowest BCUT2D eigenvalue weighted by Gasteiger charge is -2.18. The first-order valence-electron chi connectivity index (χ1n) is 8.41. The molecule has 1 amide bonds. The average molecular weight is 366 g/mol. The van der Waals surface area contributed by atoms with Gasteiger partial charge in [0.05, 0.1) is 4.92 Å². The van der Waals surface area contributed by atoms with Crippen LogP contribution in [0.3, 0.4) is 0 Å². The number of carbonyl (C=O) groups excluding carboxylic acids is 1. The maximum absolute atomic E-state index is 12.7. The molecule has 8 nitrogen and oxygen atoms in total. The molecule has 1 aromatic heterocycles. The molecule has 0 saturated heterocycles. The molecule has 0 spiro atoms. The van der Waals surface area contributed by atoms with E-state index in [1.165, 1.54) is 23.1 Å². The van der Waals surface area contributed by atoms with Crippen LogP contribution in [0.25, 0.3) is 11.4 Å². The van der Waals surface area contributed by atoms with Crippen molar-refractivity contribution in [3.05, 3.63) is 75.7 Å². The Morgan fingerprint density at radius 2 is 1.96 bits per heavy atom. The third kappa shape index (κ3) is 4.17. The van der Waals surface area contributed by atoms with Gasteiger partial charge in [-0.1, -0.05) is 41.1 Å². The Morgan fingerprint density at radius 1 is 1.22 bits per heavy atom.